The first-order valence-electron chi connectivity index (χ1n) is 5.75. The van der Waals surface area contributed by atoms with Crippen LogP contribution in [-0.4, -0.2) is 9.97 Å². The Morgan fingerprint density at radius 3 is 2.59 bits per heavy atom. The molecule has 2 rings (SSSR count). The van der Waals surface area contributed by atoms with Gasteiger partial charge in [-0.25, -0.2) is 4.98 Å². The normalized spacial score (nSPS) is 10.8. The van der Waals surface area contributed by atoms with E-state index in [1.165, 1.54) is 0 Å². The van der Waals surface area contributed by atoms with E-state index in [-0.39, 0.29) is 11.5 Å². The molecule has 0 unspecified atom stereocenters. The fraction of sp³-hybridized carbons (Fsp3) is 0.286. The van der Waals surface area contributed by atoms with Crippen molar-refractivity contribution in [2.75, 3.05) is 0 Å². The topological polar surface area (TPSA) is 45.8 Å². The van der Waals surface area contributed by atoms with E-state index in [2.05, 4.69) is 9.97 Å². The minimum absolute atomic E-state index is 0.0954. The van der Waals surface area contributed by atoms with E-state index in [0.29, 0.717) is 5.82 Å². The maximum Gasteiger partial charge on any atom is 0.251 e. The fourth-order valence-corrected chi connectivity index (χ4v) is 1.74. The molecule has 1 N–H and O–H groups in total. The highest BCUT2D eigenvalue weighted by Gasteiger charge is 2.08. The summed E-state index contributed by atoms with van der Waals surface area (Å²) in [5.74, 6) is 0.902. The van der Waals surface area contributed by atoms with Gasteiger partial charge in [0.15, 0.2) is 0 Å². The summed E-state index contributed by atoms with van der Waals surface area (Å²) in [6.07, 6.45) is 0. The Labute approximate surface area is 101 Å². The molecule has 0 fully saturated rings. The number of aryl methyl sites for hydroxylation is 1. The lowest BCUT2D eigenvalue weighted by Crippen LogP contribution is -2.11. The van der Waals surface area contributed by atoms with Crippen LogP contribution in [0.5, 0.6) is 0 Å². The maximum atomic E-state index is 11.6. The SMILES string of the molecule is Cc1ccccc1-c1nc(C(C)C)cc(=O)[nH]1. The number of benzene rings is 1. The van der Waals surface area contributed by atoms with Gasteiger partial charge in [0.2, 0.25) is 0 Å². The largest absolute Gasteiger partial charge is 0.307 e. The van der Waals surface area contributed by atoms with Crippen LogP contribution in [0.2, 0.25) is 0 Å². The van der Waals surface area contributed by atoms with Crippen LogP contribution in [0.15, 0.2) is 35.1 Å². The van der Waals surface area contributed by atoms with Crippen molar-refractivity contribution in [3.63, 3.8) is 0 Å². The van der Waals surface area contributed by atoms with Gasteiger partial charge in [-0.1, -0.05) is 38.1 Å². The summed E-state index contributed by atoms with van der Waals surface area (Å²) in [6.45, 7) is 6.07. The summed E-state index contributed by atoms with van der Waals surface area (Å²) in [5, 5.41) is 0. The van der Waals surface area contributed by atoms with Crippen molar-refractivity contribution in [2.24, 2.45) is 0 Å². The van der Waals surface area contributed by atoms with Gasteiger partial charge in [0.05, 0.1) is 5.69 Å². The molecule has 0 aliphatic carbocycles. The molecule has 17 heavy (non-hydrogen) atoms. The first-order chi connectivity index (χ1) is 8.08. The molecule has 0 aliphatic rings. The van der Waals surface area contributed by atoms with Crippen molar-refractivity contribution in [2.45, 2.75) is 26.7 Å². The average molecular weight is 228 g/mol. The molecule has 2 aromatic rings. The van der Waals surface area contributed by atoms with Crippen LogP contribution < -0.4 is 5.56 Å². The Bertz CT molecular complexity index is 585. The number of nitrogens with zero attached hydrogens (tertiary/aromatic N) is 1. The minimum atomic E-state index is -0.0954. The van der Waals surface area contributed by atoms with E-state index in [1.807, 2.05) is 45.0 Å². The summed E-state index contributed by atoms with van der Waals surface area (Å²) >= 11 is 0. The molecule has 3 heteroatoms. The lowest BCUT2D eigenvalue weighted by atomic mass is 10.1. The Hall–Kier alpha value is -1.90. The number of nitrogens with one attached hydrogen (secondary N) is 1. The summed E-state index contributed by atoms with van der Waals surface area (Å²) in [4.78, 5) is 18.9. The van der Waals surface area contributed by atoms with Gasteiger partial charge in [0, 0.05) is 11.6 Å². The molecule has 1 aromatic carbocycles. The van der Waals surface area contributed by atoms with Crippen LogP contribution in [0, 0.1) is 6.92 Å². The van der Waals surface area contributed by atoms with Gasteiger partial charge in [0.25, 0.3) is 5.56 Å². The lowest BCUT2D eigenvalue weighted by molar-refractivity contribution is 0.812. The van der Waals surface area contributed by atoms with Crippen molar-refractivity contribution < 1.29 is 0 Å². The summed E-state index contributed by atoms with van der Waals surface area (Å²) in [5.41, 5.74) is 2.82. The average Bonchev–Trinajstić information content (AvgIpc) is 2.28. The van der Waals surface area contributed by atoms with Crippen LogP contribution in [0.3, 0.4) is 0 Å². The van der Waals surface area contributed by atoms with Gasteiger partial charge in [0.1, 0.15) is 5.82 Å². The number of hydrogen-bond acceptors (Lipinski definition) is 2. The zero-order valence-corrected chi connectivity index (χ0v) is 10.3. The molecular formula is C14H16N2O. The van der Waals surface area contributed by atoms with Crippen molar-refractivity contribution in [1.82, 2.24) is 9.97 Å². The molecule has 0 aliphatic heterocycles. The minimum Gasteiger partial charge on any atom is -0.307 e. The van der Waals surface area contributed by atoms with E-state index in [1.54, 1.807) is 6.07 Å². The molecule has 3 nitrogen and oxygen atoms in total. The van der Waals surface area contributed by atoms with Crippen molar-refractivity contribution in [1.29, 1.82) is 0 Å². The van der Waals surface area contributed by atoms with Gasteiger partial charge in [-0.05, 0) is 18.4 Å². The standard InChI is InChI=1S/C14H16N2O/c1-9(2)12-8-13(17)16-14(15-12)11-7-5-4-6-10(11)3/h4-9H,1-3H3,(H,15,16,17). The Morgan fingerprint density at radius 2 is 1.94 bits per heavy atom. The van der Waals surface area contributed by atoms with E-state index >= 15 is 0 Å². The van der Waals surface area contributed by atoms with E-state index in [0.717, 1.165) is 16.8 Å². The number of aromatic nitrogens is 2. The van der Waals surface area contributed by atoms with E-state index < -0.39 is 0 Å². The third-order valence-corrected chi connectivity index (χ3v) is 2.75. The molecule has 0 atom stereocenters. The summed E-state index contributed by atoms with van der Waals surface area (Å²) < 4.78 is 0. The van der Waals surface area contributed by atoms with Crippen LogP contribution in [0.1, 0.15) is 31.0 Å². The van der Waals surface area contributed by atoms with Crippen molar-refractivity contribution >= 4 is 0 Å². The summed E-state index contributed by atoms with van der Waals surface area (Å²) in [6, 6.07) is 9.47. The van der Waals surface area contributed by atoms with Gasteiger partial charge in [-0.3, -0.25) is 4.79 Å². The van der Waals surface area contributed by atoms with E-state index in [9.17, 15) is 4.79 Å². The maximum absolute atomic E-state index is 11.6. The Kier molecular flexibility index (Phi) is 3.09. The number of H-pyrrole nitrogens is 1. The lowest BCUT2D eigenvalue weighted by Gasteiger charge is -2.08. The van der Waals surface area contributed by atoms with E-state index in [4.69, 9.17) is 0 Å². The van der Waals surface area contributed by atoms with Crippen LogP contribution >= 0.6 is 0 Å². The molecule has 0 saturated heterocycles. The Balaban J connectivity index is 2.60. The third-order valence-electron chi connectivity index (χ3n) is 2.75. The molecule has 0 spiro atoms. The zero-order valence-electron chi connectivity index (χ0n) is 10.3. The molecular weight excluding hydrogens is 212 g/mol. The third kappa shape index (κ3) is 2.44. The van der Waals surface area contributed by atoms with Gasteiger partial charge in [-0.15, -0.1) is 0 Å². The number of aromatic amines is 1. The van der Waals surface area contributed by atoms with Crippen LogP contribution in [0.4, 0.5) is 0 Å². The summed E-state index contributed by atoms with van der Waals surface area (Å²) in [7, 11) is 0. The molecule has 1 aromatic heterocycles. The van der Waals surface area contributed by atoms with Gasteiger partial charge < -0.3 is 4.98 Å². The number of hydrogen-bond donors (Lipinski definition) is 1. The first kappa shape index (κ1) is 11.6. The molecule has 0 radical (unpaired) electrons. The molecule has 0 amide bonds. The molecule has 0 saturated carbocycles. The fourth-order valence-electron chi connectivity index (χ4n) is 1.74. The predicted molar refractivity (Wildman–Crippen MR) is 69.1 cm³/mol. The molecule has 1 heterocycles. The molecule has 88 valence electrons. The number of rotatable bonds is 2. The van der Waals surface area contributed by atoms with Gasteiger partial charge in [-0.2, -0.15) is 0 Å². The van der Waals surface area contributed by atoms with Crippen LogP contribution in [-0.2, 0) is 0 Å². The second-order valence-corrected chi connectivity index (χ2v) is 4.49. The highest BCUT2D eigenvalue weighted by Crippen LogP contribution is 2.19. The highest BCUT2D eigenvalue weighted by atomic mass is 16.1. The zero-order chi connectivity index (χ0) is 12.4. The molecule has 0 bridgehead atoms. The highest BCUT2D eigenvalue weighted by molar-refractivity contribution is 5.59. The quantitative estimate of drug-likeness (QED) is 0.859. The van der Waals surface area contributed by atoms with Crippen molar-refractivity contribution in [3.8, 4) is 11.4 Å². The van der Waals surface area contributed by atoms with Crippen LogP contribution in [0.25, 0.3) is 11.4 Å². The predicted octanol–water partition coefficient (Wildman–Crippen LogP) is 2.87. The Morgan fingerprint density at radius 1 is 1.24 bits per heavy atom. The second kappa shape index (κ2) is 4.53. The monoisotopic (exact) mass is 228 g/mol. The van der Waals surface area contributed by atoms with Gasteiger partial charge >= 0.3 is 0 Å². The first-order valence-corrected chi connectivity index (χ1v) is 5.75. The van der Waals surface area contributed by atoms with Crippen molar-refractivity contribution in [3.05, 3.63) is 51.9 Å². The second-order valence-electron chi connectivity index (χ2n) is 4.49. The smallest absolute Gasteiger partial charge is 0.251 e.